The van der Waals surface area contributed by atoms with Crippen LogP contribution in [0.5, 0.6) is 5.75 Å². The average Bonchev–Trinajstić information content (AvgIpc) is 3.20. The molecule has 168 valence electrons. The van der Waals surface area contributed by atoms with Crippen molar-refractivity contribution in [2.75, 3.05) is 48.4 Å². The number of methoxy groups -OCH3 is 1. The standard InChI is InChI=1S/C23H23N7O3/c1-33-16-3-2-15-14-30(23(32)17(15)10-16)21-13-26-12-19(27-21)22(31)28-18-11-25-5-4-20(18)29-8-6-24-7-9-29/h2-5,10-13,24H,6-9,14H2,1H3,(H,28,31). The van der Waals surface area contributed by atoms with Gasteiger partial charge in [0, 0.05) is 37.9 Å². The summed E-state index contributed by atoms with van der Waals surface area (Å²) in [7, 11) is 1.56. The summed E-state index contributed by atoms with van der Waals surface area (Å²) < 4.78 is 5.23. The second kappa shape index (κ2) is 8.83. The SMILES string of the molecule is COc1ccc2c(c1)C(=O)N(c1cncc(C(=O)Nc3cnccc3N3CCNCC3)n1)C2. The molecule has 0 aliphatic carbocycles. The van der Waals surface area contributed by atoms with E-state index in [4.69, 9.17) is 4.74 Å². The van der Waals surface area contributed by atoms with E-state index in [1.54, 1.807) is 25.6 Å². The molecule has 0 saturated carbocycles. The molecule has 1 saturated heterocycles. The summed E-state index contributed by atoms with van der Waals surface area (Å²) >= 11 is 0. The first-order valence-corrected chi connectivity index (χ1v) is 10.7. The summed E-state index contributed by atoms with van der Waals surface area (Å²) in [6.45, 7) is 3.78. The van der Waals surface area contributed by atoms with E-state index < -0.39 is 5.91 Å². The summed E-state index contributed by atoms with van der Waals surface area (Å²) in [5.74, 6) is 0.305. The number of hydrogen-bond donors (Lipinski definition) is 2. The van der Waals surface area contributed by atoms with Gasteiger partial charge in [0.05, 0.1) is 43.6 Å². The number of anilines is 3. The minimum atomic E-state index is -0.417. The summed E-state index contributed by atoms with van der Waals surface area (Å²) in [5.41, 5.74) is 3.05. The number of fused-ring (bicyclic) bond motifs is 1. The summed E-state index contributed by atoms with van der Waals surface area (Å²) in [4.78, 5) is 42.4. The third-order valence-corrected chi connectivity index (χ3v) is 5.76. The van der Waals surface area contributed by atoms with Gasteiger partial charge in [-0.1, -0.05) is 6.07 Å². The second-order valence-corrected chi connectivity index (χ2v) is 7.76. The van der Waals surface area contributed by atoms with Crippen LogP contribution in [-0.4, -0.2) is 60.1 Å². The van der Waals surface area contributed by atoms with Crippen molar-refractivity contribution < 1.29 is 14.3 Å². The number of amides is 2. The Morgan fingerprint density at radius 3 is 2.79 bits per heavy atom. The van der Waals surface area contributed by atoms with E-state index in [0.717, 1.165) is 37.4 Å². The number of carbonyl (C=O) groups excluding carboxylic acids is 2. The van der Waals surface area contributed by atoms with E-state index in [2.05, 4.69) is 30.5 Å². The zero-order chi connectivity index (χ0) is 22.8. The van der Waals surface area contributed by atoms with Crippen LogP contribution in [0.25, 0.3) is 0 Å². The zero-order valence-electron chi connectivity index (χ0n) is 18.1. The molecule has 0 bridgehead atoms. The second-order valence-electron chi connectivity index (χ2n) is 7.76. The molecule has 1 aromatic carbocycles. The fourth-order valence-electron chi connectivity index (χ4n) is 4.04. The Morgan fingerprint density at radius 2 is 1.97 bits per heavy atom. The van der Waals surface area contributed by atoms with Crippen molar-refractivity contribution >= 4 is 29.0 Å². The fourth-order valence-corrected chi connectivity index (χ4v) is 4.04. The normalized spacial score (nSPS) is 15.4. The van der Waals surface area contributed by atoms with E-state index in [-0.39, 0.29) is 11.6 Å². The molecule has 0 radical (unpaired) electrons. The van der Waals surface area contributed by atoms with Gasteiger partial charge >= 0.3 is 0 Å². The number of pyridine rings is 1. The number of hydrogen-bond acceptors (Lipinski definition) is 8. The predicted octanol–water partition coefficient (Wildman–Crippen LogP) is 1.70. The molecule has 2 amide bonds. The smallest absolute Gasteiger partial charge is 0.276 e. The molecule has 0 spiro atoms. The Bertz CT molecular complexity index is 1210. The maximum Gasteiger partial charge on any atom is 0.276 e. The van der Waals surface area contributed by atoms with Gasteiger partial charge in [-0.05, 0) is 23.8 Å². The third-order valence-electron chi connectivity index (χ3n) is 5.76. The predicted molar refractivity (Wildman–Crippen MR) is 123 cm³/mol. The molecule has 2 aliphatic heterocycles. The Labute approximate surface area is 190 Å². The Kier molecular flexibility index (Phi) is 5.57. The molecular formula is C23H23N7O3. The van der Waals surface area contributed by atoms with E-state index in [0.29, 0.717) is 29.4 Å². The van der Waals surface area contributed by atoms with Crippen LogP contribution >= 0.6 is 0 Å². The van der Waals surface area contributed by atoms with Crippen molar-refractivity contribution in [3.63, 3.8) is 0 Å². The molecule has 3 aromatic rings. The van der Waals surface area contributed by atoms with Crippen molar-refractivity contribution in [1.29, 1.82) is 0 Å². The van der Waals surface area contributed by atoms with Crippen LogP contribution in [0.15, 0.2) is 49.1 Å². The van der Waals surface area contributed by atoms with Gasteiger partial charge in [-0.2, -0.15) is 0 Å². The third kappa shape index (κ3) is 4.08. The molecule has 0 unspecified atom stereocenters. The average molecular weight is 445 g/mol. The highest BCUT2D eigenvalue weighted by Crippen LogP contribution is 2.30. The molecule has 2 aliphatic rings. The fraction of sp³-hybridized carbons (Fsp3) is 0.261. The lowest BCUT2D eigenvalue weighted by atomic mass is 10.1. The number of benzene rings is 1. The van der Waals surface area contributed by atoms with Crippen LogP contribution in [0.1, 0.15) is 26.4 Å². The minimum absolute atomic E-state index is 0.115. The van der Waals surface area contributed by atoms with E-state index in [1.807, 2.05) is 18.2 Å². The zero-order valence-corrected chi connectivity index (χ0v) is 18.1. The highest BCUT2D eigenvalue weighted by Gasteiger charge is 2.30. The van der Waals surface area contributed by atoms with Crippen LogP contribution in [0.4, 0.5) is 17.2 Å². The number of nitrogens with one attached hydrogen (secondary N) is 2. The summed E-state index contributed by atoms with van der Waals surface area (Å²) in [5, 5.41) is 6.22. The van der Waals surface area contributed by atoms with E-state index in [1.165, 1.54) is 17.3 Å². The van der Waals surface area contributed by atoms with Crippen molar-refractivity contribution in [3.05, 3.63) is 65.9 Å². The molecule has 33 heavy (non-hydrogen) atoms. The van der Waals surface area contributed by atoms with Crippen LogP contribution in [0, 0.1) is 0 Å². The Balaban J connectivity index is 1.36. The van der Waals surface area contributed by atoms with Gasteiger partial charge in [0.1, 0.15) is 11.4 Å². The highest BCUT2D eigenvalue weighted by molar-refractivity contribution is 6.10. The maximum atomic E-state index is 13.0. The Morgan fingerprint density at radius 1 is 1.12 bits per heavy atom. The molecule has 2 aromatic heterocycles. The van der Waals surface area contributed by atoms with Gasteiger partial charge < -0.3 is 20.3 Å². The molecule has 0 atom stereocenters. The quantitative estimate of drug-likeness (QED) is 0.610. The lowest BCUT2D eigenvalue weighted by Gasteiger charge is -2.30. The molecule has 5 rings (SSSR count). The topological polar surface area (TPSA) is 113 Å². The van der Waals surface area contributed by atoms with E-state index in [9.17, 15) is 9.59 Å². The van der Waals surface area contributed by atoms with Crippen LogP contribution in [0.3, 0.4) is 0 Å². The van der Waals surface area contributed by atoms with Crippen LogP contribution < -0.4 is 25.2 Å². The van der Waals surface area contributed by atoms with Crippen LogP contribution in [0.2, 0.25) is 0 Å². The number of carbonyl (C=O) groups is 2. The van der Waals surface area contributed by atoms with Crippen molar-refractivity contribution in [2.24, 2.45) is 0 Å². The first-order valence-electron chi connectivity index (χ1n) is 10.7. The van der Waals surface area contributed by atoms with Gasteiger partial charge in [0.2, 0.25) is 0 Å². The van der Waals surface area contributed by atoms with Gasteiger partial charge in [0.15, 0.2) is 5.82 Å². The summed E-state index contributed by atoms with van der Waals surface area (Å²) in [6.07, 6.45) is 6.20. The largest absolute Gasteiger partial charge is 0.497 e. The summed E-state index contributed by atoms with van der Waals surface area (Å²) in [6, 6.07) is 7.27. The van der Waals surface area contributed by atoms with Crippen molar-refractivity contribution in [1.82, 2.24) is 20.3 Å². The Hall–Kier alpha value is -4.05. The van der Waals surface area contributed by atoms with Gasteiger partial charge in [-0.25, -0.2) is 4.98 Å². The monoisotopic (exact) mass is 445 g/mol. The van der Waals surface area contributed by atoms with Crippen molar-refractivity contribution in [2.45, 2.75) is 6.54 Å². The first kappa shape index (κ1) is 20.8. The number of aromatic nitrogens is 3. The minimum Gasteiger partial charge on any atom is -0.497 e. The number of piperazine rings is 1. The molecule has 4 heterocycles. The molecular weight excluding hydrogens is 422 g/mol. The van der Waals surface area contributed by atoms with Gasteiger partial charge in [-0.15, -0.1) is 0 Å². The van der Waals surface area contributed by atoms with Gasteiger partial charge in [0.25, 0.3) is 11.8 Å². The first-order chi connectivity index (χ1) is 16.1. The molecule has 10 nitrogen and oxygen atoms in total. The lowest BCUT2D eigenvalue weighted by molar-refractivity contribution is 0.0989. The highest BCUT2D eigenvalue weighted by atomic mass is 16.5. The molecule has 2 N–H and O–H groups in total. The molecule has 1 fully saturated rings. The maximum absolute atomic E-state index is 13.0. The number of ether oxygens (including phenoxy) is 1. The van der Waals surface area contributed by atoms with Gasteiger partial charge in [-0.3, -0.25) is 24.5 Å². The van der Waals surface area contributed by atoms with Crippen LogP contribution in [-0.2, 0) is 6.54 Å². The van der Waals surface area contributed by atoms with E-state index >= 15 is 0 Å². The molecule has 10 heteroatoms. The number of rotatable bonds is 5. The van der Waals surface area contributed by atoms with Crippen molar-refractivity contribution in [3.8, 4) is 5.75 Å². The number of nitrogens with zero attached hydrogens (tertiary/aromatic N) is 5. The lowest BCUT2D eigenvalue weighted by Crippen LogP contribution is -2.43.